The maximum Gasteiger partial charge on any atom is 0.226 e. The Balaban J connectivity index is 0.00000147. The Morgan fingerprint density at radius 2 is 1.60 bits per heavy atom. The maximum absolute atomic E-state index is 12.8. The van der Waals surface area contributed by atoms with Gasteiger partial charge in [0.2, 0.25) is 5.91 Å². The summed E-state index contributed by atoms with van der Waals surface area (Å²) in [6.45, 7) is 3.08. The molecule has 1 unspecified atom stereocenters. The van der Waals surface area contributed by atoms with Gasteiger partial charge in [0.25, 0.3) is 0 Å². The van der Waals surface area contributed by atoms with Gasteiger partial charge in [-0.3, -0.25) is 4.79 Å². The fourth-order valence-corrected chi connectivity index (χ4v) is 4.38. The van der Waals surface area contributed by atoms with Gasteiger partial charge in [0.15, 0.2) is 0 Å². The highest BCUT2D eigenvalue weighted by Gasteiger charge is 2.37. The van der Waals surface area contributed by atoms with Crippen LogP contribution in [0, 0.1) is 11.8 Å². The number of carbonyl (C=O) groups excluding carboxylic acids is 1. The van der Waals surface area contributed by atoms with Crippen molar-refractivity contribution >= 4 is 18.3 Å². The first-order valence-corrected chi connectivity index (χ1v) is 8.37. The number of nitrogens with zero attached hydrogens (tertiary/aromatic N) is 1. The van der Waals surface area contributed by atoms with Crippen molar-refractivity contribution in [2.75, 3.05) is 19.6 Å². The molecular weight excluding hydrogens is 272 g/mol. The van der Waals surface area contributed by atoms with Crippen molar-refractivity contribution in [1.29, 1.82) is 0 Å². The maximum atomic E-state index is 12.8. The van der Waals surface area contributed by atoms with Crippen LogP contribution >= 0.6 is 12.4 Å². The molecule has 0 radical (unpaired) electrons. The summed E-state index contributed by atoms with van der Waals surface area (Å²) in [5, 5.41) is 3.36. The third kappa shape index (κ3) is 3.48. The van der Waals surface area contributed by atoms with Crippen LogP contribution in [0.5, 0.6) is 0 Å². The van der Waals surface area contributed by atoms with E-state index in [0.717, 1.165) is 38.4 Å². The number of rotatable bonds is 2. The zero-order chi connectivity index (χ0) is 13.1. The molecule has 0 aromatic heterocycles. The van der Waals surface area contributed by atoms with Crippen molar-refractivity contribution < 1.29 is 4.79 Å². The minimum Gasteiger partial charge on any atom is -0.339 e. The molecule has 20 heavy (non-hydrogen) atoms. The van der Waals surface area contributed by atoms with E-state index in [1.165, 1.54) is 44.9 Å². The lowest BCUT2D eigenvalue weighted by molar-refractivity contribution is -0.138. The van der Waals surface area contributed by atoms with Crippen molar-refractivity contribution in [1.82, 2.24) is 10.2 Å². The molecule has 116 valence electrons. The van der Waals surface area contributed by atoms with Crippen LogP contribution in [0.3, 0.4) is 0 Å². The van der Waals surface area contributed by atoms with E-state index in [2.05, 4.69) is 10.2 Å². The van der Waals surface area contributed by atoms with E-state index in [1.54, 1.807) is 0 Å². The monoisotopic (exact) mass is 300 g/mol. The number of amides is 1. The fourth-order valence-electron chi connectivity index (χ4n) is 4.38. The van der Waals surface area contributed by atoms with Gasteiger partial charge in [-0.15, -0.1) is 12.4 Å². The summed E-state index contributed by atoms with van der Waals surface area (Å²) in [4.78, 5) is 15.0. The van der Waals surface area contributed by atoms with Crippen LogP contribution in [0.25, 0.3) is 0 Å². The normalized spacial score (nSPS) is 29.2. The molecule has 4 heteroatoms. The lowest BCUT2D eigenvalue weighted by atomic mass is 9.82. The molecule has 0 aromatic rings. The lowest BCUT2D eigenvalue weighted by Gasteiger charge is -2.36. The molecule has 3 nitrogen and oxygen atoms in total. The van der Waals surface area contributed by atoms with Crippen LogP contribution in [-0.4, -0.2) is 36.5 Å². The van der Waals surface area contributed by atoms with Crippen LogP contribution in [0.1, 0.15) is 57.8 Å². The summed E-state index contributed by atoms with van der Waals surface area (Å²) in [6.07, 6.45) is 11.5. The molecule has 0 bridgehead atoms. The molecule has 1 aliphatic carbocycles. The van der Waals surface area contributed by atoms with Gasteiger partial charge in [-0.2, -0.15) is 0 Å². The first kappa shape index (κ1) is 16.1. The first-order chi connectivity index (χ1) is 9.36. The summed E-state index contributed by atoms with van der Waals surface area (Å²) >= 11 is 0. The molecular formula is C16H29ClN2O. The molecule has 1 amide bonds. The van der Waals surface area contributed by atoms with Gasteiger partial charge >= 0.3 is 0 Å². The number of likely N-dealkylation sites (tertiary alicyclic amines) is 1. The van der Waals surface area contributed by atoms with E-state index >= 15 is 0 Å². The minimum atomic E-state index is 0. The Morgan fingerprint density at radius 3 is 2.30 bits per heavy atom. The highest BCUT2D eigenvalue weighted by molar-refractivity contribution is 5.85. The average Bonchev–Trinajstić information content (AvgIpc) is 2.98. The number of halogens is 1. The highest BCUT2D eigenvalue weighted by atomic mass is 35.5. The molecule has 3 aliphatic rings. The molecule has 1 atom stereocenters. The summed E-state index contributed by atoms with van der Waals surface area (Å²) < 4.78 is 0. The van der Waals surface area contributed by atoms with Gasteiger partial charge in [-0.05, 0) is 57.5 Å². The quantitative estimate of drug-likeness (QED) is 0.850. The zero-order valence-electron chi connectivity index (χ0n) is 12.5. The zero-order valence-corrected chi connectivity index (χ0v) is 13.3. The van der Waals surface area contributed by atoms with E-state index in [4.69, 9.17) is 0 Å². The van der Waals surface area contributed by atoms with E-state index < -0.39 is 0 Å². The first-order valence-electron chi connectivity index (χ1n) is 8.37. The molecule has 0 aromatic carbocycles. The Labute approximate surface area is 129 Å². The smallest absolute Gasteiger partial charge is 0.226 e. The predicted octanol–water partition coefficient (Wildman–Crippen LogP) is 2.98. The third-order valence-electron chi connectivity index (χ3n) is 5.46. The Kier molecular flexibility index (Phi) is 6.16. The van der Waals surface area contributed by atoms with Crippen LogP contribution in [0.15, 0.2) is 0 Å². The van der Waals surface area contributed by atoms with Gasteiger partial charge in [0, 0.05) is 18.5 Å². The van der Waals surface area contributed by atoms with Gasteiger partial charge in [0.1, 0.15) is 0 Å². The predicted molar refractivity (Wildman–Crippen MR) is 84.2 cm³/mol. The van der Waals surface area contributed by atoms with Crippen molar-refractivity contribution in [3.8, 4) is 0 Å². The van der Waals surface area contributed by atoms with Crippen LogP contribution in [-0.2, 0) is 4.79 Å². The number of nitrogens with one attached hydrogen (secondary N) is 1. The van der Waals surface area contributed by atoms with E-state index in [-0.39, 0.29) is 12.4 Å². The highest BCUT2D eigenvalue weighted by Crippen LogP contribution is 2.35. The number of hydrogen-bond donors (Lipinski definition) is 1. The lowest BCUT2D eigenvalue weighted by Crippen LogP contribution is -2.46. The SMILES string of the molecule is Cl.O=C(C1CCNCC1)N1CCCC1C1CCCCC1. The van der Waals surface area contributed by atoms with Gasteiger partial charge in [-0.25, -0.2) is 0 Å². The Bertz CT molecular complexity index is 312. The third-order valence-corrected chi connectivity index (χ3v) is 5.46. The second-order valence-corrected chi connectivity index (χ2v) is 6.66. The Morgan fingerprint density at radius 1 is 0.900 bits per heavy atom. The average molecular weight is 301 g/mol. The van der Waals surface area contributed by atoms with Gasteiger partial charge < -0.3 is 10.2 Å². The summed E-state index contributed by atoms with van der Waals surface area (Å²) in [7, 11) is 0. The van der Waals surface area contributed by atoms with Crippen molar-refractivity contribution in [3.63, 3.8) is 0 Å². The molecule has 2 saturated heterocycles. The molecule has 3 fully saturated rings. The number of piperidine rings is 1. The summed E-state index contributed by atoms with van der Waals surface area (Å²) in [5.41, 5.74) is 0. The molecule has 1 saturated carbocycles. The second kappa shape index (κ2) is 7.65. The molecule has 1 N–H and O–H groups in total. The second-order valence-electron chi connectivity index (χ2n) is 6.66. The topological polar surface area (TPSA) is 32.3 Å². The summed E-state index contributed by atoms with van der Waals surface area (Å²) in [5.74, 6) is 1.60. The Hall–Kier alpha value is -0.280. The number of hydrogen-bond acceptors (Lipinski definition) is 2. The molecule has 3 rings (SSSR count). The van der Waals surface area contributed by atoms with E-state index in [0.29, 0.717) is 17.9 Å². The van der Waals surface area contributed by atoms with Gasteiger partial charge in [-0.1, -0.05) is 19.3 Å². The minimum absolute atomic E-state index is 0. The van der Waals surface area contributed by atoms with Gasteiger partial charge in [0.05, 0.1) is 0 Å². The van der Waals surface area contributed by atoms with Crippen molar-refractivity contribution in [2.45, 2.75) is 63.8 Å². The molecule has 2 aliphatic heterocycles. The van der Waals surface area contributed by atoms with E-state index in [1.807, 2.05) is 0 Å². The van der Waals surface area contributed by atoms with Crippen LogP contribution < -0.4 is 5.32 Å². The summed E-state index contributed by atoms with van der Waals surface area (Å²) in [6, 6.07) is 0.586. The fraction of sp³-hybridized carbons (Fsp3) is 0.938. The van der Waals surface area contributed by atoms with Crippen molar-refractivity contribution in [3.05, 3.63) is 0 Å². The van der Waals surface area contributed by atoms with Crippen LogP contribution in [0.4, 0.5) is 0 Å². The molecule has 2 heterocycles. The van der Waals surface area contributed by atoms with Crippen molar-refractivity contribution in [2.24, 2.45) is 11.8 Å². The number of carbonyl (C=O) groups is 1. The van der Waals surface area contributed by atoms with E-state index in [9.17, 15) is 4.79 Å². The van der Waals surface area contributed by atoms with Crippen LogP contribution in [0.2, 0.25) is 0 Å². The standard InChI is InChI=1S/C16H28N2O.ClH/c19-16(14-8-10-17-11-9-14)18-12-4-7-15(18)13-5-2-1-3-6-13;/h13-15,17H,1-12H2;1H. The molecule has 0 spiro atoms. The largest absolute Gasteiger partial charge is 0.339 e.